The van der Waals surface area contributed by atoms with E-state index >= 15 is 0 Å². The molecule has 1 aliphatic heterocycles. The summed E-state index contributed by atoms with van der Waals surface area (Å²) in [6.07, 6.45) is -4.67. The minimum atomic E-state index is -4.57. The molecule has 1 N–H and O–H groups in total. The van der Waals surface area contributed by atoms with Gasteiger partial charge in [0.2, 0.25) is 0 Å². The number of ether oxygens (including phenoxy) is 2. The first-order valence-electron chi connectivity index (χ1n) is 6.53. The molecule has 0 unspecified atom stereocenters. The van der Waals surface area contributed by atoms with Gasteiger partial charge in [0.15, 0.2) is 0 Å². The van der Waals surface area contributed by atoms with Crippen molar-refractivity contribution in [3.63, 3.8) is 0 Å². The Labute approximate surface area is 128 Å². The fraction of sp³-hybridized carbons (Fsp3) is 0.385. The molecule has 118 valence electrons. The van der Waals surface area contributed by atoms with Gasteiger partial charge in [0.05, 0.1) is 12.7 Å². The number of aromatic nitrogens is 2. The fourth-order valence-electron chi connectivity index (χ4n) is 2.02. The summed E-state index contributed by atoms with van der Waals surface area (Å²) in [5, 5.41) is 3.07. The highest BCUT2D eigenvalue weighted by Gasteiger charge is 2.36. The van der Waals surface area contributed by atoms with E-state index in [1.165, 1.54) is 0 Å². The molecule has 0 saturated carbocycles. The molecule has 2 heterocycles. The Hall–Kier alpha value is -1.71. The van der Waals surface area contributed by atoms with Crippen LogP contribution in [0.2, 0.25) is 0 Å². The van der Waals surface area contributed by atoms with Crippen molar-refractivity contribution in [2.24, 2.45) is 0 Å². The quantitative estimate of drug-likeness (QED) is 0.937. The molecular formula is C13H12F3N3O2S. The smallest absolute Gasteiger partial charge is 0.430 e. The molecule has 9 heteroatoms. The Bertz CT molecular complexity index is 641. The zero-order valence-corrected chi connectivity index (χ0v) is 12.1. The molecule has 1 aliphatic rings. The second-order valence-electron chi connectivity index (χ2n) is 4.62. The van der Waals surface area contributed by atoms with Crippen LogP contribution in [-0.4, -0.2) is 29.1 Å². The van der Waals surface area contributed by atoms with E-state index in [9.17, 15) is 13.2 Å². The van der Waals surface area contributed by atoms with Crippen molar-refractivity contribution in [3.05, 3.63) is 35.7 Å². The normalized spacial score (nSPS) is 19.1. The van der Waals surface area contributed by atoms with Crippen LogP contribution in [-0.2, 0) is 10.9 Å². The van der Waals surface area contributed by atoms with Crippen LogP contribution in [0.3, 0.4) is 0 Å². The van der Waals surface area contributed by atoms with Gasteiger partial charge in [-0.3, -0.25) is 0 Å². The van der Waals surface area contributed by atoms with Crippen molar-refractivity contribution >= 4 is 11.5 Å². The van der Waals surface area contributed by atoms with Gasteiger partial charge in [-0.15, -0.1) is 0 Å². The zero-order valence-electron chi connectivity index (χ0n) is 11.3. The Morgan fingerprint density at radius 3 is 2.91 bits per heavy atom. The van der Waals surface area contributed by atoms with Gasteiger partial charge in [-0.1, -0.05) is 12.1 Å². The van der Waals surface area contributed by atoms with Gasteiger partial charge in [-0.2, -0.15) is 22.5 Å². The van der Waals surface area contributed by atoms with Crippen LogP contribution in [0.25, 0.3) is 0 Å². The third-order valence-corrected chi connectivity index (χ3v) is 3.62. The highest BCUT2D eigenvalue weighted by atomic mass is 32.1. The lowest BCUT2D eigenvalue weighted by molar-refractivity contribution is -0.144. The van der Waals surface area contributed by atoms with E-state index in [0.29, 0.717) is 30.4 Å². The largest absolute Gasteiger partial charge is 0.452 e. The average molecular weight is 331 g/mol. The Morgan fingerprint density at radius 2 is 2.23 bits per heavy atom. The third-order valence-electron chi connectivity index (χ3n) is 3.02. The molecule has 1 aromatic carbocycles. The number of hydrogen-bond acceptors (Lipinski definition) is 6. The maximum atomic E-state index is 12.4. The average Bonchev–Trinajstić information content (AvgIpc) is 2.97. The molecule has 5 nitrogen and oxygen atoms in total. The van der Waals surface area contributed by atoms with Crippen molar-refractivity contribution in [3.8, 4) is 10.9 Å². The number of alkyl halides is 3. The van der Waals surface area contributed by atoms with Gasteiger partial charge in [0.25, 0.3) is 11.0 Å². The van der Waals surface area contributed by atoms with E-state index in [4.69, 9.17) is 9.47 Å². The van der Waals surface area contributed by atoms with Gasteiger partial charge in [-0.25, -0.2) is 0 Å². The van der Waals surface area contributed by atoms with Gasteiger partial charge in [0, 0.05) is 24.6 Å². The van der Waals surface area contributed by atoms with E-state index in [2.05, 4.69) is 14.7 Å². The number of nitrogens with zero attached hydrogens (tertiary/aromatic N) is 2. The number of hydrogen-bond donors (Lipinski definition) is 1. The summed E-state index contributed by atoms with van der Waals surface area (Å²) in [6, 6.07) is 7.01. The summed E-state index contributed by atoms with van der Waals surface area (Å²) in [6.45, 7) is 2.10. The summed E-state index contributed by atoms with van der Waals surface area (Å²) in [4.78, 5) is 3.34. The molecule has 0 aliphatic carbocycles. The van der Waals surface area contributed by atoms with E-state index in [1.54, 1.807) is 18.2 Å². The first-order chi connectivity index (χ1) is 10.5. The molecule has 0 bridgehead atoms. The summed E-state index contributed by atoms with van der Waals surface area (Å²) >= 11 is 0.566. The minimum absolute atomic E-state index is 0.0996. The van der Waals surface area contributed by atoms with Gasteiger partial charge < -0.3 is 14.8 Å². The SMILES string of the molecule is FC(F)(F)c1nsc(Oc2cccc([C@@H]3CNCCO3)c2)n1. The predicted molar refractivity (Wildman–Crippen MR) is 73.0 cm³/mol. The van der Waals surface area contributed by atoms with Gasteiger partial charge >= 0.3 is 6.18 Å². The monoisotopic (exact) mass is 331 g/mol. The highest BCUT2D eigenvalue weighted by Crippen LogP contribution is 2.32. The molecule has 2 aromatic rings. The maximum absolute atomic E-state index is 12.4. The van der Waals surface area contributed by atoms with Crippen LogP contribution in [0, 0.1) is 0 Å². The van der Waals surface area contributed by atoms with Crippen molar-refractivity contribution < 1.29 is 22.6 Å². The van der Waals surface area contributed by atoms with E-state index < -0.39 is 12.0 Å². The van der Waals surface area contributed by atoms with E-state index in [-0.39, 0.29) is 11.3 Å². The molecule has 1 saturated heterocycles. The Kier molecular flexibility index (Phi) is 4.27. The second-order valence-corrected chi connectivity index (χ2v) is 5.33. The van der Waals surface area contributed by atoms with Crippen LogP contribution in [0.4, 0.5) is 13.2 Å². The minimum Gasteiger partial charge on any atom is -0.430 e. The molecule has 3 rings (SSSR count). The first-order valence-corrected chi connectivity index (χ1v) is 7.31. The lowest BCUT2D eigenvalue weighted by atomic mass is 10.1. The molecule has 0 amide bonds. The molecule has 0 radical (unpaired) electrons. The van der Waals surface area contributed by atoms with E-state index in [1.807, 2.05) is 6.07 Å². The van der Waals surface area contributed by atoms with Crippen LogP contribution >= 0.6 is 11.5 Å². The fourth-order valence-corrected chi connectivity index (χ4v) is 2.59. The number of morpholine rings is 1. The summed E-state index contributed by atoms with van der Waals surface area (Å²) in [7, 11) is 0. The number of halogens is 3. The molecule has 1 fully saturated rings. The molecule has 1 atom stereocenters. The number of nitrogens with one attached hydrogen (secondary N) is 1. The second kappa shape index (κ2) is 6.19. The summed E-state index contributed by atoms with van der Waals surface area (Å²) in [5.41, 5.74) is 0.894. The lowest BCUT2D eigenvalue weighted by Gasteiger charge is -2.24. The standard InChI is InChI=1S/C13H12F3N3O2S/c14-13(15,16)11-18-12(22-19-11)21-9-3-1-2-8(6-9)10-7-17-4-5-20-10/h1-3,6,10,17H,4-5,7H2/t10-/m0/s1. The number of benzene rings is 1. The summed E-state index contributed by atoms with van der Waals surface area (Å²) < 4.78 is 51.6. The molecular weight excluding hydrogens is 319 g/mol. The highest BCUT2D eigenvalue weighted by molar-refractivity contribution is 7.07. The van der Waals surface area contributed by atoms with Crippen LogP contribution in [0.15, 0.2) is 24.3 Å². The predicted octanol–water partition coefficient (Wildman–Crippen LogP) is 3.01. The molecule has 1 aromatic heterocycles. The maximum Gasteiger partial charge on any atom is 0.452 e. The first kappa shape index (κ1) is 15.2. The van der Waals surface area contributed by atoms with Gasteiger partial charge in [0.1, 0.15) is 5.75 Å². The third kappa shape index (κ3) is 3.54. The van der Waals surface area contributed by atoms with Crippen molar-refractivity contribution in [1.29, 1.82) is 0 Å². The lowest BCUT2D eigenvalue weighted by Crippen LogP contribution is -2.33. The molecule has 0 spiro atoms. The zero-order chi connectivity index (χ0) is 15.6. The van der Waals surface area contributed by atoms with Crippen molar-refractivity contribution in [1.82, 2.24) is 14.7 Å². The van der Waals surface area contributed by atoms with Gasteiger partial charge in [-0.05, 0) is 17.7 Å². The van der Waals surface area contributed by atoms with Crippen molar-refractivity contribution in [2.75, 3.05) is 19.7 Å². The van der Waals surface area contributed by atoms with Crippen LogP contribution in [0.1, 0.15) is 17.5 Å². The van der Waals surface area contributed by atoms with Crippen LogP contribution < -0.4 is 10.1 Å². The number of rotatable bonds is 3. The summed E-state index contributed by atoms with van der Waals surface area (Å²) in [5.74, 6) is -0.792. The molecule has 22 heavy (non-hydrogen) atoms. The van der Waals surface area contributed by atoms with Crippen LogP contribution in [0.5, 0.6) is 10.9 Å². The van der Waals surface area contributed by atoms with Crippen molar-refractivity contribution in [2.45, 2.75) is 12.3 Å². The van der Waals surface area contributed by atoms with E-state index in [0.717, 1.165) is 12.1 Å². The topological polar surface area (TPSA) is 56.3 Å². The Balaban J connectivity index is 1.74. The Morgan fingerprint density at radius 1 is 1.36 bits per heavy atom.